The van der Waals surface area contributed by atoms with Crippen molar-refractivity contribution in [3.63, 3.8) is 0 Å². The maximum atomic E-state index is 12.4. The van der Waals surface area contributed by atoms with E-state index in [0.717, 1.165) is 22.5 Å². The van der Waals surface area contributed by atoms with E-state index in [4.69, 9.17) is 4.74 Å². The molecule has 3 rings (SSSR count). The van der Waals surface area contributed by atoms with Crippen LogP contribution in [0.3, 0.4) is 0 Å². The van der Waals surface area contributed by atoms with E-state index >= 15 is 0 Å². The lowest BCUT2D eigenvalue weighted by molar-refractivity contribution is -0.133. The van der Waals surface area contributed by atoms with Gasteiger partial charge in [-0.25, -0.2) is 4.79 Å². The Hall–Kier alpha value is -2.82. The third-order valence-corrected chi connectivity index (χ3v) is 3.96. The second-order valence-electron chi connectivity index (χ2n) is 5.59. The molecule has 1 heterocycles. The summed E-state index contributed by atoms with van der Waals surface area (Å²) in [6.45, 7) is 4.14. The molecule has 1 aliphatic heterocycles. The quantitative estimate of drug-likeness (QED) is 0.699. The third-order valence-electron chi connectivity index (χ3n) is 3.96. The second-order valence-corrected chi connectivity index (χ2v) is 5.59. The number of nitrogens with zero attached hydrogens (tertiary/aromatic N) is 1. The molecule has 0 saturated heterocycles. The third kappa shape index (κ3) is 3.18. The van der Waals surface area contributed by atoms with Crippen LogP contribution in [0, 0.1) is 13.8 Å². The van der Waals surface area contributed by atoms with Gasteiger partial charge in [-0.15, -0.1) is 0 Å². The lowest BCUT2D eigenvalue weighted by atomic mass is 10.1. The second kappa shape index (κ2) is 6.12. The Bertz CT molecular complexity index is 771. The molecule has 1 N–H and O–H groups in total. The zero-order chi connectivity index (χ0) is 16.4. The molecule has 0 aliphatic carbocycles. The van der Waals surface area contributed by atoms with Gasteiger partial charge in [-0.3, -0.25) is 4.79 Å². The number of carbonyl (C=O) groups is 2. The van der Waals surface area contributed by atoms with Crippen LogP contribution in [0.15, 0.2) is 42.5 Å². The summed E-state index contributed by atoms with van der Waals surface area (Å²) in [6.07, 6.45) is 0. The molecular formula is C18H18N2O3. The van der Waals surface area contributed by atoms with Crippen LogP contribution in [0.5, 0.6) is 5.75 Å². The molecule has 2 aromatic rings. The number of rotatable bonds is 3. The molecule has 0 saturated carbocycles. The van der Waals surface area contributed by atoms with Crippen molar-refractivity contribution >= 4 is 23.3 Å². The number of benzene rings is 2. The molecular weight excluding hydrogens is 292 g/mol. The molecule has 5 heteroatoms. The van der Waals surface area contributed by atoms with Crippen LogP contribution in [-0.2, 0) is 9.59 Å². The molecule has 0 radical (unpaired) electrons. The summed E-state index contributed by atoms with van der Waals surface area (Å²) in [5.41, 5.74) is 3.71. The first-order valence-corrected chi connectivity index (χ1v) is 7.45. The topological polar surface area (TPSA) is 58.6 Å². The number of fused-ring (bicyclic) bond motifs is 1. The SMILES string of the molecule is Cc1cccc(NC(=O)CN2CC(=O)Oc3ccccc32)c1C. The molecule has 0 fully saturated rings. The van der Waals surface area contributed by atoms with Crippen molar-refractivity contribution in [1.29, 1.82) is 0 Å². The number of para-hydroxylation sites is 2. The highest BCUT2D eigenvalue weighted by atomic mass is 16.5. The van der Waals surface area contributed by atoms with Gasteiger partial charge in [-0.2, -0.15) is 0 Å². The van der Waals surface area contributed by atoms with Crippen LogP contribution in [0.4, 0.5) is 11.4 Å². The number of hydrogen-bond acceptors (Lipinski definition) is 4. The number of esters is 1. The molecule has 0 bridgehead atoms. The number of nitrogens with one attached hydrogen (secondary N) is 1. The minimum absolute atomic E-state index is 0.0667. The van der Waals surface area contributed by atoms with Gasteiger partial charge in [0.15, 0.2) is 5.75 Å². The van der Waals surface area contributed by atoms with Crippen molar-refractivity contribution in [1.82, 2.24) is 0 Å². The van der Waals surface area contributed by atoms with Gasteiger partial charge >= 0.3 is 5.97 Å². The summed E-state index contributed by atoms with van der Waals surface area (Å²) in [5.74, 6) is -0.0327. The Kier molecular flexibility index (Phi) is 4.02. The molecule has 1 amide bonds. The lowest BCUT2D eigenvalue weighted by Crippen LogP contribution is -2.41. The summed E-state index contributed by atoms with van der Waals surface area (Å²) < 4.78 is 5.18. The van der Waals surface area contributed by atoms with Crippen molar-refractivity contribution in [3.05, 3.63) is 53.6 Å². The fourth-order valence-electron chi connectivity index (χ4n) is 2.59. The van der Waals surface area contributed by atoms with E-state index in [2.05, 4.69) is 5.32 Å². The van der Waals surface area contributed by atoms with Gasteiger partial charge in [0, 0.05) is 5.69 Å². The summed E-state index contributed by atoms with van der Waals surface area (Å²) in [6, 6.07) is 13.0. The first-order chi connectivity index (χ1) is 11.0. The van der Waals surface area contributed by atoms with Crippen molar-refractivity contribution in [2.24, 2.45) is 0 Å². The van der Waals surface area contributed by atoms with Gasteiger partial charge in [0.05, 0.1) is 12.2 Å². The molecule has 5 nitrogen and oxygen atoms in total. The molecule has 118 valence electrons. The van der Waals surface area contributed by atoms with Crippen LogP contribution >= 0.6 is 0 Å². The van der Waals surface area contributed by atoms with Gasteiger partial charge in [-0.05, 0) is 43.2 Å². The van der Waals surface area contributed by atoms with Gasteiger partial charge in [0.25, 0.3) is 0 Å². The van der Waals surface area contributed by atoms with E-state index in [1.807, 2.05) is 44.2 Å². The van der Waals surface area contributed by atoms with Gasteiger partial charge in [-0.1, -0.05) is 24.3 Å². The highest BCUT2D eigenvalue weighted by Gasteiger charge is 2.25. The van der Waals surface area contributed by atoms with Crippen LogP contribution in [0.1, 0.15) is 11.1 Å². The zero-order valence-electron chi connectivity index (χ0n) is 13.1. The molecule has 0 spiro atoms. The number of anilines is 2. The van der Waals surface area contributed by atoms with E-state index in [1.165, 1.54) is 0 Å². The van der Waals surface area contributed by atoms with E-state index in [1.54, 1.807) is 17.0 Å². The predicted molar refractivity (Wildman–Crippen MR) is 88.8 cm³/mol. The van der Waals surface area contributed by atoms with E-state index in [-0.39, 0.29) is 25.0 Å². The van der Waals surface area contributed by atoms with E-state index < -0.39 is 0 Å². The maximum Gasteiger partial charge on any atom is 0.331 e. The minimum Gasteiger partial charge on any atom is -0.423 e. The van der Waals surface area contributed by atoms with Gasteiger partial charge < -0.3 is 15.0 Å². The largest absolute Gasteiger partial charge is 0.423 e. The smallest absolute Gasteiger partial charge is 0.331 e. The first-order valence-electron chi connectivity index (χ1n) is 7.45. The number of aryl methyl sites for hydroxylation is 1. The average molecular weight is 310 g/mol. The van der Waals surface area contributed by atoms with Crippen molar-refractivity contribution < 1.29 is 14.3 Å². The fraction of sp³-hybridized carbons (Fsp3) is 0.222. The van der Waals surface area contributed by atoms with Crippen LogP contribution in [-0.4, -0.2) is 25.0 Å². The Morgan fingerprint density at radius 1 is 1.17 bits per heavy atom. The van der Waals surface area contributed by atoms with Gasteiger partial charge in [0.2, 0.25) is 5.91 Å². The highest BCUT2D eigenvalue weighted by molar-refractivity contribution is 5.97. The molecule has 23 heavy (non-hydrogen) atoms. The normalized spacial score (nSPS) is 13.3. The Morgan fingerprint density at radius 2 is 1.96 bits per heavy atom. The lowest BCUT2D eigenvalue weighted by Gasteiger charge is -2.29. The van der Waals surface area contributed by atoms with Crippen molar-refractivity contribution in [3.8, 4) is 5.75 Å². The number of hydrogen-bond donors (Lipinski definition) is 1. The van der Waals surface area contributed by atoms with E-state index in [9.17, 15) is 9.59 Å². The molecule has 0 unspecified atom stereocenters. The predicted octanol–water partition coefficient (Wildman–Crippen LogP) is 2.67. The first kappa shape index (κ1) is 15.1. The summed E-state index contributed by atoms with van der Waals surface area (Å²) in [7, 11) is 0. The summed E-state index contributed by atoms with van der Waals surface area (Å²) in [5, 5.41) is 2.91. The fourth-order valence-corrected chi connectivity index (χ4v) is 2.59. The average Bonchev–Trinajstić information content (AvgIpc) is 2.51. The molecule has 2 aromatic carbocycles. The Balaban J connectivity index is 1.76. The highest BCUT2D eigenvalue weighted by Crippen LogP contribution is 2.31. The van der Waals surface area contributed by atoms with Crippen LogP contribution < -0.4 is 15.0 Å². The minimum atomic E-state index is -0.358. The number of amides is 1. The number of ether oxygens (including phenoxy) is 1. The summed E-state index contributed by atoms with van der Waals surface area (Å²) in [4.78, 5) is 25.8. The Morgan fingerprint density at radius 3 is 2.78 bits per heavy atom. The van der Waals surface area contributed by atoms with E-state index in [0.29, 0.717) is 5.75 Å². The molecule has 1 aliphatic rings. The van der Waals surface area contributed by atoms with Crippen LogP contribution in [0.25, 0.3) is 0 Å². The van der Waals surface area contributed by atoms with Crippen LogP contribution in [0.2, 0.25) is 0 Å². The van der Waals surface area contributed by atoms with Crippen molar-refractivity contribution in [2.45, 2.75) is 13.8 Å². The standard InChI is InChI=1S/C18H18N2O3/c1-12-6-5-7-14(13(12)2)19-17(21)10-20-11-18(22)23-16-9-4-3-8-15(16)20/h3-9H,10-11H2,1-2H3,(H,19,21). The monoisotopic (exact) mass is 310 g/mol. The summed E-state index contributed by atoms with van der Waals surface area (Å²) >= 11 is 0. The molecule has 0 aromatic heterocycles. The Labute approximate surface area is 134 Å². The van der Waals surface area contributed by atoms with Gasteiger partial charge in [0.1, 0.15) is 6.54 Å². The zero-order valence-corrected chi connectivity index (χ0v) is 13.1. The number of carbonyl (C=O) groups excluding carboxylic acids is 2. The maximum absolute atomic E-state index is 12.4. The van der Waals surface area contributed by atoms with Crippen molar-refractivity contribution in [2.75, 3.05) is 23.3 Å². The molecule has 0 atom stereocenters.